The molecule has 1 aromatic carbocycles. The molecule has 0 heterocycles. The normalized spacial score (nSPS) is 22.0. The van der Waals surface area contributed by atoms with Gasteiger partial charge in [0.05, 0.1) is 10.0 Å². The molecule has 1 aromatic rings. The molecule has 0 aromatic heterocycles. The average Bonchev–Trinajstić information content (AvgIpc) is 2.64. The first-order valence-electron chi connectivity index (χ1n) is 8.96. The standard InChI is InChI=1S/C19H24Cl2N2O4/c1-11-4-3-5-16(12(11)2)23-17(24)10-27-18(25)9-22-19(26)13-6-7-14(20)15(21)8-13/h6-8,11-12,16H,3-5,9-10H2,1-2H3,(H,22,26)(H,23,24)/t11-,12-,16+/m1/s1. The zero-order valence-electron chi connectivity index (χ0n) is 15.4. The molecule has 1 aliphatic carbocycles. The van der Waals surface area contributed by atoms with Crippen LogP contribution in [0.4, 0.5) is 0 Å². The van der Waals surface area contributed by atoms with Gasteiger partial charge < -0.3 is 15.4 Å². The van der Waals surface area contributed by atoms with Gasteiger partial charge in [-0.25, -0.2) is 0 Å². The summed E-state index contributed by atoms with van der Waals surface area (Å²) in [5, 5.41) is 5.92. The maximum absolute atomic E-state index is 12.0. The first kappa shape index (κ1) is 21.5. The minimum absolute atomic E-state index is 0.106. The van der Waals surface area contributed by atoms with Gasteiger partial charge in [-0.15, -0.1) is 0 Å². The van der Waals surface area contributed by atoms with E-state index in [0.717, 1.165) is 12.8 Å². The number of hydrogen-bond acceptors (Lipinski definition) is 4. The number of nitrogens with one attached hydrogen (secondary N) is 2. The molecule has 0 bridgehead atoms. The Morgan fingerprint density at radius 2 is 1.89 bits per heavy atom. The molecule has 0 aliphatic heterocycles. The fourth-order valence-electron chi connectivity index (χ4n) is 3.12. The summed E-state index contributed by atoms with van der Waals surface area (Å²) in [4.78, 5) is 35.7. The van der Waals surface area contributed by atoms with Gasteiger partial charge in [-0.1, -0.05) is 49.9 Å². The van der Waals surface area contributed by atoms with Crippen molar-refractivity contribution >= 4 is 41.0 Å². The van der Waals surface area contributed by atoms with Gasteiger partial charge in [-0.05, 0) is 36.5 Å². The molecular formula is C19H24Cl2N2O4. The number of ether oxygens (including phenoxy) is 1. The molecule has 2 amide bonds. The molecule has 27 heavy (non-hydrogen) atoms. The van der Waals surface area contributed by atoms with Gasteiger partial charge in [0, 0.05) is 11.6 Å². The van der Waals surface area contributed by atoms with Crippen molar-refractivity contribution in [2.75, 3.05) is 13.2 Å². The van der Waals surface area contributed by atoms with Crippen LogP contribution in [0.3, 0.4) is 0 Å². The zero-order chi connectivity index (χ0) is 20.0. The Labute approximate surface area is 168 Å². The summed E-state index contributed by atoms with van der Waals surface area (Å²) in [6, 6.07) is 4.50. The molecule has 0 radical (unpaired) electrons. The van der Waals surface area contributed by atoms with Crippen LogP contribution in [-0.4, -0.2) is 37.0 Å². The third-order valence-electron chi connectivity index (χ3n) is 4.99. The fourth-order valence-corrected chi connectivity index (χ4v) is 3.42. The Kier molecular flexibility index (Phi) is 7.92. The average molecular weight is 415 g/mol. The van der Waals surface area contributed by atoms with Crippen molar-refractivity contribution in [3.63, 3.8) is 0 Å². The highest BCUT2D eigenvalue weighted by atomic mass is 35.5. The molecule has 2 rings (SSSR count). The maximum Gasteiger partial charge on any atom is 0.325 e. The molecule has 1 saturated carbocycles. The summed E-state index contributed by atoms with van der Waals surface area (Å²) in [7, 11) is 0. The summed E-state index contributed by atoms with van der Waals surface area (Å²) in [6.45, 7) is 3.60. The third kappa shape index (κ3) is 6.40. The van der Waals surface area contributed by atoms with Crippen LogP contribution in [-0.2, 0) is 14.3 Å². The summed E-state index contributed by atoms with van der Waals surface area (Å²) < 4.78 is 4.92. The molecule has 0 unspecified atom stereocenters. The van der Waals surface area contributed by atoms with Gasteiger partial charge in [-0.3, -0.25) is 14.4 Å². The number of rotatable bonds is 6. The monoisotopic (exact) mass is 414 g/mol. The van der Waals surface area contributed by atoms with Crippen molar-refractivity contribution in [3.8, 4) is 0 Å². The summed E-state index contributed by atoms with van der Waals surface area (Å²) in [5.41, 5.74) is 0.273. The predicted octanol–water partition coefficient (Wildman–Crippen LogP) is 3.21. The number of hydrogen-bond donors (Lipinski definition) is 2. The van der Waals surface area contributed by atoms with Crippen molar-refractivity contribution in [1.82, 2.24) is 10.6 Å². The lowest BCUT2D eigenvalue weighted by molar-refractivity contribution is -0.147. The van der Waals surface area contributed by atoms with E-state index < -0.39 is 11.9 Å². The second-order valence-corrected chi connectivity index (χ2v) is 7.73. The Morgan fingerprint density at radius 1 is 1.15 bits per heavy atom. The molecule has 1 aliphatic rings. The molecular weight excluding hydrogens is 391 g/mol. The van der Waals surface area contributed by atoms with Crippen molar-refractivity contribution < 1.29 is 19.1 Å². The molecule has 3 atom stereocenters. The van der Waals surface area contributed by atoms with E-state index in [2.05, 4.69) is 24.5 Å². The summed E-state index contributed by atoms with van der Waals surface area (Å²) in [6.07, 6.45) is 3.18. The van der Waals surface area contributed by atoms with Crippen LogP contribution in [0.2, 0.25) is 10.0 Å². The highest BCUT2D eigenvalue weighted by Crippen LogP contribution is 2.29. The van der Waals surface area contributed by atoms with Gasteiger partial charge in [0.15, 0.2) is 6.61 Å². The Balaban J connectivity index is 1.71. The minimum Gasteiger partial charge on any atom is -0.454 e. The molecule has 148 valence electrons. The van der Waals surface area contributed by atoms with Crippen LogP contribution < -0.4 is 10.6 Å². The number of esters is 1. The van der Waals surface area contributed by atoms with Crippen LogP contribution in [0, 0.1) is 11.8 Å². The predicted molar refractivity (Wildman–Crippen MR) is 104 cm³/mol. The molecule has 6 nitrogen and oxygen atoms in total. The summed E-state index contributed by atoms with van der Waals surface area (Å²) in [5.74, 6) is -0.555. The van der Waals surface area contributed by atoms with E-state index in [0.29, 0.717) is 16.9 Å². The lowest BCUT2D eigenvalue weighted by Crippen LogP contribution is -2.45. The van der Waals surface area contributed by atoms with Gasteiger partial charge in [0.1, 0.15) is 6.54 Å². The van der Waals surface area contributed by atoms with E-state index in [1.807, 2.05) is 0 Å². The van der Waals surface area contributed by atoms with Crippen molar-refractivity contribution in [2.24, 2.45) is 11.8 Å². The van der Waals surface area contributed by atoms with E-state index >= 15 is 0 Å². The Bertz CT molecular complexity index is 711. The molecule has 0 saturated heterocycles. The number of halogens is 2. The Morgan fingerprint density at radius 3 is 2.59 bits per heavy atom. The van der Waals surface area contributed by atoms with E-state index in [1.54, 1.807) is 0 Å². The van der Waals surface area contributed by atoms with Crippen LogP contribution in [0.15, 0.2) is 18.2 Å². The maximum atomic E-state index is 12.0. The highest BCUT2D eigenvalue weighted by Gasteiger charge is 2.28. The van der Waals surface area contributed by atoms with Gasteiger partial charge in [0.2, 0.25) is 0 Å². The minimum atomic E-state index is -0.691. The summed E-state index contributed by atoms with van der Waals surface area (Å²) >= 11 is 11.7. The molecule has 8 heteroatoms. The lowest BCUT2D eigenvalue weighted by atomic mass is 9.78. The quantitative estimate of drug-likeness (QED) is 0.699. The fraction of sp³-hybridized carbons (Fsp3) is 0.526. The van der Waals surface area contributed by atoms with E-state index in [9.17, 15) is 14.4 Å². The van der Waals surface area contributed by atoms with Gasteiger partial charge in [-0.2, -0.15) is 0 Å². The largest absolute Gasteiger partial charge is 0.454 e. The lowest BCUT2D eigenvalue weighted by Gasteiger charge is -2.34. The smallest absolute Gasteiger partial charge is 0.325 e. The molecule has 0 spiro atoms. The Hall–Kier alpha value is -1.79. The topological polar surface area (TPSA) is 84.5 Å². The number of carbonyl (C=O) groups excluding carboxylic acids is 3. The van der Waals surface area contributed by atoms with E-state index in [4.69, 9.17) is 27.9 Å². The molecule has 1 fully saturated rings. The second-order valence-electron chi connectivity index (χ2n) is 6.91. The van der Waals surface area contributed by atoms with Crippen LogP contribution in [0.25, 0.3) is 0 Å². The number of carbonyl (C=O) groups is 3. The van der Waals surface area contributed by atoms with E-state index in [-0.39, 0.29) is 35.7 Å². The number of benzene rings is 1. The molecule has 2 N–H and O–H groups in total. The van der Waals surface area contributed by atoms with Crippen molar-refractivity contribution in [2.45, 2.75) is 39.2 Å². The third-order valence-corrected chi connectivity index (χ3v) is 5.73. The van der Waals surface area contributed by atoms with E-state index in [1.165, 1.54) is 24.6 Å². The van der Waals surface area contributed by atoms with Crippen LogP contribution in [0.5, 0.6) is 0 Å². The van der Waals surface area contributed by atoms with Crippen LogP contribution >= 0.6 is 23.2 Å². The van der Waals surface area contributed by atoms with Crippen molar-refractivity contribution in [1.29, 1.82) is 0 Å². The first-order chi connectivity index (χ1) is 12.8. The first-order valence-corrected chi connectivity index (χ1v) is 9.71. The van der Waals surface area contributed by atoms with Crippen LogP contribution in [0.1, 0.15) is 43.5 Å². The zero-order valence-corrected chi connectivity index (χ0v) is 16.9. The highest BCUT2D eigenvalue weighted by molar-refractivity contribution is 6.42. The number of amides is 2. The van der Waals surface area contributed by atoms with Gasteiger partial charge in [0.25, 0.3) is 11.8 Å². The van der Waals surface area contributed by atoms with Crippen molar-refractivity contribution in [3.05, 3.63) is 33.8 Å². The second kappa shape index (κ2) is 9.95. The SMILES string of the molecule is C[C@@H]1[C@H](C)CCC[C@@H]1NC(=O)COC(=O)CNC(=O)c1ccc(Cl)c(Cl)c1. The van der Waals surface area contributed by atoms with Gasteiger partial charge >= 0.3 is 5.97 Å².